The van der Waals surface area contributed by atoms with Crippen molar-refractivity contribution in [2.24, 2.45) is 22.8 Å². The van der Waals surface area contributed by atoms with Crippen molar-refractivity contribution in [3.63, 3.8) is 0 Å². The third-order valence-corrected chi connectivity index (χ3v) is 7.98. The van der Waals surface area contributed by atoms with Crippen LogP contribution >= 0.6 is 9.24 Å². The number of rotatable bonds is 7. The van der Waals surface area contributed by atoms with Crippen molar-refractivity contribution >= 4 is 14.9 Å². The summed E-state index contributed by atoms with van der Waals surface area (Å²) in [6.45, 7) is 8.92. The van der Waals surface area contributed by atoms with Crippen molar-refractivity contribution in [3.05, 3.63) is 46.8 Å². The van der Waals surface area contributed by atoms with Gasteiger partial charge in [-0.25, -0.2) is 0 Å². The van der Waals surface area contributed by atoms with Gasteiger partial charge >= 0.3 is 0 Å². The molecule has 2 unspecified atom stereocenters. The lowest BCUT2D eigenvalue weighted by atomic mass is 9.50. The summed E-state index contributed by atoms with van der Waals surface area (Å²) in [7, 11) is 2.46. The van der Waals surface area contributed by atoms with Crippen LogP contribution in [0.4, 0.5) is 8.78 Å². The number of piperidine rings is 1. The normalized spacial score (nSPS) is 28.0. The van der Waals surface area contributed by atoms with Gasteiger partial charge in [0, 0.05) is 43.1 Å². The zero-order valence-electron chi connectivity index (χ0n) is 23.2. The average molecular weight is 557 g/mol. The SMILES string of the molecule is CC.CC(/C=C(\N)NC1CCCN(CC2CC3(CC(O)C3)C2)C1)=C(/N)c1ccc(C(F)(F)P)cc1O.CO. The first kappa shape index (κ1) is 32.3. The minimum absolute atomic E-state index is 0.0747. The Morgan fingerprint density at radius 3 is 2.39 bits per heavy atom. The Hall–Kier alpha value is -1.93. The molecule has 1 aromatic rings. The number of phenolic OH excluding ortho intramolecular Hbond substituents is 1. The Kier molecular flexibility index (Phi) is 11.8. The molecule has 2 aliphatic carbocycles. The van der Waals surface area contributed by atoms with Crippen molar-refractivity contribution in [3.8, 4) is 5.75 Å². The molecule has 3 fully saturated rings. The number of aromatic hydroxyl groups is 1. The summed E-state index contributed by atoms with van der Waals surface area (Å²) in [5.74, 6) is 0.925. The summed E-state index contributed by atoms with van der Waals surface area (Å²) in [6.07, 6.45) is 8.25. The summed E-state index contributed by atoms with van der Waals surface area (Å²) in [5, 5.41) is 30.2. The highest BCUT2D eigenvalue weighted by molar-refractivity contribution is 7.17. The molecule has 7 nitrogen and oxygen atoms in total. The van der Waals surface area contributed by atoms with Gasteiger partial charge in [-0.1, -0.05) is 29.2 Å². The van der Waals surface area contributed by atoms with Gasteiger partial charge in [0.15, 0.2) is 0 Å². The smallest absolute Gasteiger partial charge is 0.284 e. The second kappa shape index (κ2) is 13.9. The Morgan fingerprint density at radius 1 is 1.21 bits per heavy atom. The number of halogens is 2. The molecule has 1 spiro atoms. The van der Waals surface area contributed by atoms with Crippen LogP contribution in [-0.4, -0.2) is 59.1 Å². The molecule has 2 saturated carbocycles. The topological polar surface area (TPSA) is 128 Å². The number of aliphatic hydroxyl groups excluding tert-OH is 2. The quantitative estimate of drug-likeness (QED) is 0.221. The summed E-state index contributed by atoms with van der Waals surface area (Å²) in [5.41, 5.74) is 10.7. The molecule has 2 atom stereocenters. The molecule has 0 aromatic heterocycles. The van der Waals surface area contributed by atoms with Crippen molar-refractivity contribution in [2.45, 2.75) is 77.1 Å². The highest BCUT2D eigenvalue weighted by atomic mass is 31.0. The molecular weight excluding hydrogens is 509 g/mol. The third kappa shape index (κ3) is 8.28. The largest absolute Gasteiger partial charge is 0.507 e. The molecule has 1 aromatic carbocycles. The van der Waals surface area contributed by atoms with Gasteiger partial charge in [0.25, 0.3) is 5.66 Å². The number of nitrogens with two attached hydrogens (primary N) is 2. The Labute approximate surface area is 228 Å². The lowest BCUT2D eigenvalue weighted by Crippen LogP contribution is -2.54. The van der Waals surface area contributed by atoms with E-state index in [0.29, 0.717) is 22.4 Å². The van der Waals surface area contributed by atoms with E-state index in [9.17, 15) is 19.0 Å². The Balaban J connectivity index is 0.00000121. The minimum atomic E-state index is -3.12. The molecule has 1 heterocycles. The number of hydrogen-bond donors (Lipinski definition) is 6. The second-order valence-electron chi connectivity index (χ2n) is 10.6. The number of benzene rings is 1. The minimum Gasteiger partial charge on any atom is -0.507 e. The highest BCUT2D eigenvalue weighted by Crippen LogP contribution is 2.58. The van der Waals surface area contributed by atoms with Crippen LogP contribution in [0.15, 0.2) is 35.7 Å². The molecule has 8 N–H and O–H groups in total. The molecule has 10 heteroatoms. The van der Waals surface area contributed by atoms with Crippen LogP contribution in [0.3, 0.4) is 0 Å². The first-order valence-electron chi connectivity index (χ1n) is 13.5. The van der Waals surface area contributed by atoms with E-state index in [2.05, 4.69) is 10.2 Å². The van der Waals surface area contributed by atoms with E-state index >= 15 is 0 Å². The van der Waals surface area contributed by atoms with Crippen molar-refractivity contribution in [1.82, 2.24) is 10.2 Å². The van der Waals surface area contributed by atoms with Gasteiger partial charge in [0.2, 0.25) is 0 Å². The van der Waals surface area contributed by atoms with Crippen LogP contribution in [0.5, 0.6) is 5.75 Å². The summed E-state index contributed by atoms with van der Waals surface area (Å²) < 4.78 is 26.9. The lowest BCUT2D eigenvalue weighted by Gasteiger charge is -2.57. The number of phenols is 1. The molecule has 216 valence electrons. The maximum atomic E-state index is 13.5. The first-order chi connectivity index (χ1) is 17.9. The van der Waals surface area contributed by atoms with E-state index < -0.39 is 5.66 Å². The average Bonchev–Trinajstić information content (AvgIpc) is 2.83. The number of allylic oxidation sites excluding steroid dienone is 2. The van der Waals surface area contributed by atoms with E-state index in [1.165, 1.54) is 34.2 Å². The number of hydrogen-bond acceptors (Lipinski definition) is 7. The maximum Gasteiger partial charge on any atom is 0.284 e. The molecule has 0 amide bonds. The monoisotopic (exact) mass is 556 g/mol. The standard InChI is InChI=1S/C25H37F2N4O2P.C2H6.CH4O/c1-15(23(29)20-5-4-17(8-21(20)33)25(26,27)34)7-22(28)30-18-3-2-6-31(14-18)13-16-9-24(10-16)11-19(32)12-24;2*1-2/h4-5,7-8,16,18-19,30,32-33H,2-3,6,9-14,28-29,34H2,1H3;1-2H3;2H,1H3/b22-7+,23-15-;;. The fraction of sp³-hybridized carbons (Fsp3) is 0.643. The molecule has 1 aliphatic heterocycles. The number of aliphatic hydroxyl groups is 2. The van der Waals surface area contributed by atoms with Crippen LogP contribution in [0.2, 0.25) is 0 Å². The van der Waals surface area contributed by atoms with Gasteiger partial charge in [-0.3, -0.25) is 0 Å². The predicted octanol–water partition coefficient (Wildman–Crippen LogP) is 4.05. The van der Waals surface area contributed by atoms with E-state index in [1.807, 2.05) is 13.8 Å². The zero-order chi connectivity index (χ0) is 28.7. The first-order valence-corrected chi connectivity index (χ1v) is 14.1. The molecule has 1 saturated heterocycles. The molecule has 4 rings (SSSR count). The van der Waals surface area contributed by atoms with Gasteiger partial charge in [0.1, 0.15) is 5.75 Å². The van der Waals surface area contributed by atoms with Crippen molar-refractivity contribution in [1.29, 1.82) is 0 Å². The highest BCUT2D eigenvalue weighted by Gasteiger charge is 2.52. The van der Waals surface area contributed by atoms with Crippen LogP contribution in [0.25, 0.3) is 5.70 Å². The summed E-state index contributed by atoms with van der Waals surface area (Å²) in [6, 6.07) is 3.92. The van der Waals surface area contributed by atoms with E-state index in [-0.39, 0.29) is 29.2 Å². The van der Waals surface area contributed by atoms with Gasteiger partial charge in [-0.2, -0.15) is 8.78 Å². The van der Waals surface area contributed by atoms with Gasteiger partial charge in [-0.15, -0.1) is 0 Å². The van der Waals surface area contributed by atoms with Gasteiger partial charge < -0.3 is 37.0 Å². The molecule has 0 bridgehead atoms. The fourth-order valence-corrected chi connectivity index (χ4v) is 6.22. The zero-order valence-corrected chi connectivity index (χ0v) is 24.3. The van der Waals surface area contributed by atoms with Crippen LogP contribution in [0.1, 0.15) is 70.4 Å². The molecule has 3 aliphatic rings. The fourth-order valence-electron chi connectivity index (χ4n) is 6.04. The molecule has 38 heavy (non-hydrogen) atoms. The summed E-state index contributed by atoms with van der Waals surface area (Å²) in [4.78, 5) is 2.51. The van der Waals surface area contributed by atoms with E-state index in [1.54, 1.807) is 13.0 Å². The molecular formula is C28H47F2N4O3P. The van der Waals surface area contributed by atoms with E-state index in [0.717, 1.165) is 64.4 Å². The second-order valence-corrected chi connectivity index (χ2v) is 11.4. The van der Waals surface area contributed by atoms with Gasteiger partial charge in [-0.05, 0) is 87.1 Å². The third-order valence-electron chi connectivity index (χ3n) is 7.64. The van der Waals surface area contributed by atoms with Gasteiger partial charge in [0.05, 0.1) is 11.9 Å². The molecule has 0 radical (unpaired) electrons. The number of nitrogens with zero attached hydrogens (tertiary/aromatic N) is 1. The van der Waals surface area contributed by atoms with Crippen molar-refractivity contribution < 1.29 is 24.1 Å². The lowest BCUT2D eigenvalue weighted by molar-refractivity contribution is -0.116. The number of likely N-dealkylation sites (tertiary alicyclic amines) is 1. The number of alkyl halides is 2. The van der Waals surface area contributed by atoms with E-state index in [4.69, 9.17) is 16.6 Å². The summed E-state index contributed by atoms with van der Waals surface area (Å²) >= 11 is 0. The van der Waals surface area contributed by atoms with Crippen molar-refractivity contribution in [2.75, 3.05) is 26.7 Å². The number of nitrogens with one attached hydrogen (secondary N) is 1. The Bertz CT molecular complexity index is 969. The van der Waals surface area contributed by atoms with Crippen LogP contribution < -0.4 is 16.8 Å². The van der Waals surface area contributed by atoms with Crippen LogP contribution in [-0.2, 0) is 5.66 Å². The van der Waals surface area contributed by atoms with Crippen LogP contribution in [0, 0.1) is 11.3 Å². The Morgan fingerprint density at radius 2 is 1.84 bits per heavy atom. The maximum absolute atomic E-state index is 13.5. The predicted molar refractivity (Wildman–Crippen MR) is 153 cm³/mol.